The molecule has 0 aliphatic rings. The highest BCUT2D eigenvalue weighted by Gasteiger charge is 2.11. The molecule has 0 fully saturated rings. The molecular weight excluding hydrogens is 374 g/mol. The zero-order chi connectivity index (χ0) is 20.6. The molecule has 28 heavy (non-hydrogen) atoms. The molecule has 0 saturated heterocycles. The molecule has 0 saturated carbocycles. The Hall–Kier alpha value is -2.38. The molecule has 0 aromatic heterocycles. The minimum absolute atomic E-state index is 0.365. The van der Waals surface area contributed by atoms with Gasteiger partial charge in [-0.2, -0.15) is 0 Å². The van der Waals surface area contributed by atoms with Crippen LogP contribution < -0.4 is 10.6 Å². The van der Waals surface area contributed by atoms with Gasteiger partial charge in [-0.25, -0.2) is 8.42 Å². The predicted molar refractivity (Wildman–Crippen MR) is 113 cm³/mol. The fourth-order valence-electron chi connectivity index (χ4n) is 2.91. The molecule has 0 aliphatic carbocycles. The van der Waals surface area contributed by atoms with Crippen molar-refractivity contribution in [3.05, 3.63) is 64.7 Å². The van der Waals surface area contributed by atoms with E-state index in [9.17, 15) is 8.42 Å². The Balaban J connectivity index is 1.96. The van der Waals surface area contributed by atoms with Gasteiger partial charge < -0.3 is 15.4 Å². The summed E-state index contributed by atoms with van der Waals surface area (Å²) in [5.74, 6) is 0.677. The van der Waals surface area contributed by atoms with Crippen molar-refractivity contribution in [2.45, 2.75) is 38.4 Å². The third-order valence-electron chi connectivity index (χ3n) is 4.35. The van der Waals surface area contributed by atoms with E-state index in [0.717, 1.165) is 22.3 Å². The maximum atomic E-state index is 11.7. The van der Waals surface area contributed by atoms with Crippen molar-refractivity contribution in [3.63, 3.8) is 0 Å². The first kappa shape index (κ1) is 21.9. The number of guanidine groups is 1. The molecule has 7 heteroatoms. The number of aliphatic imine (C=N–C) groups is 1. The van der Waals surface area contributed by atoms with Gasteiger partial charge in [0.2, 0.25) is 0 Å². The van der Waals surface area contributed by atoms with Gasteiger partial charge in [-0.1, -0.05) is 36.4 Å². The minimum atomic E-state index is -3.20. The van der Waals surface area contributed by atoms with E-state index >= 15 is 0 Å². The number of aryl methyl sites for hydroxylation is 1. The van der Waals surface area contributed by atoms with E-state index in [0.29, 0.717) is 37.2 Å². The van der Waals surface area contributed by atoms with Gasteiger partial charge in [0.15, 0.2) is 15.8 Å². The van der Waals surface area contributed by atoms with Crippen LogP contribution >= 0.6 is 0 Å². The molecule has 2 aromatic carbocycles. The van der Waals surface area contributed by atoms with Crippen molar-refractivity contribution in [1.29, 1.82) is 0 Å². The number of nitrogens with one attached hydrogen (secondary N) is 2. The summed E-state index contributed by atoms with van der Waals surface area (Å²) in [6, 6.07) is 13.5. The molecule has 2 aromatic rings. The molecule has 0 atom stereocenters. The average molecular weight is 404 g/mol. The van der Waals surface area contributed by atoms with Crippen LogP contribution in [-0.2, 0) is 34.3 Å². The highest BCUT2D eigenvalue weighted by atomic mass is 32.2. The van der Waals surface area contributed by atoms with E-state index in [1.807, 2.05) is 38.1 Å². The van der Waals surface area contributed by atoms with E-state index in [2.05, 4.69) is 27.8 Å². The third-order valence-corrected chi connectivity index (χ3v) is 5.61. The Morgan fingerprint density at radius 3 is 2.36 bits per heavy atom. The lowest BCUT2D eigenvalue weighted by Gasteiger charge is -2.15. The van der Waals surface area contributed by atoms with Gasteiger partial charge in [-0.15, -0.1) is 0 Å². The summed E-state index contributed by atoms with van der Waals surface area (Å²) in [5.41, 5.74) is 4.05. The Labute approximate surface area is 168 Å². The molecule has 2 N–H and O–H groups in total. The van der Waals surface area contributed by atoms with Gasteiger partial charge >= 0.3 is 0 Å². The normalized spacial score (nSPS) is 12.1. The lowest BCUT2D eigenvalue weighted by molar-refractivity contribution is 0.133. The van der Waals surface area contributed by atoms with E-state index in [1.165, 1.54) is 6.26 Å². The Morgan fingerprint density at radius 1 is 1.07 bits per heavy atom. The van der Waals surface area contributed by atoms with Crippen LogP contribution in [0.5, 0.6) is 0 Å². The number of sulfone groups is 1. The summed E-state index contributed by atoms with van der Waals surface area (Å²) in [6.45, 7) is 6.24. The Morgan fingerprint density at radius 2 is 1.75 bits per heavy atom. The molecule has 0 amide bonds. The first-order chi connectivity index (χ1) is 13.3. The van der Waals surface area contributed by atoms with E-state index in [1.54, 1.807) is 13.1 Å². The first-order valence-electron chi connectivity index (χ1n) is 9.23. The summed E-state index contributed by atoms with van der Waals surface area (Å²) in [6.07, 6.45) is 1.22. The number of nitrogens with zero attached hydrogens (tertiary/aromatic N) is 1. The number of benzene rings is 2. The van der Waals surface area contributed by atoms with Gasteiger partial charge in [-0.05, 0) is 42.2 Å². The van der Waals surface area contributed by atoms with Crippen molar-refractivity contribution < 1.29 is 13.2 Å². The van der Waals surface area contributed by atoms with Gasteiger partial charge in [-0.3, -0.25) is 4.99 Å². The molecule has 0 aliphatic heterocycles. The van der Waals surface area contributed by atoms with Gasteiger partial charge in [0.25, 0.3) is 0 Å². The second-order valence-electron chi connectivity index (χ2n) is 6.56. The molecule has 152 valence electrons. The number of hydrogen-bond acceptors (Lipinski definition) is 4. The summed E-state index contributed by atoms with van der Waals surface area (Å²) < 4.78 is 29.0. The second-order valence-corrected chi connectivity index (χ2v) is 8.54. The maximum absolute atomic E-state index is 11.7. The monoisotopic (exact) mass is 403 g/mol. The highest BCUT2D eigenvalue weighted by Crippen LogP contribution is 2.16. The van der Waals surface area contributed by atoms with Crippen molar-refractivity contribution in [2.24, 2.45) is 4.99 Å². The summed E-state index contributed by atoms with van der Waals surface area (Å²) >= 11 is 0. The van der Waals surface area contributed by atoms with Crippen LogP contribution in [0, 0.1) is 6.92 Å². The smallest absolute Gasteiger partial charge is 0.191 e. The first-order valence-corrected chi connectivity index (χ1v) is 11.1. The molecule has 0 unspecified atom stereocenters. The van der Waals surface area contributed by atoms with Crippen LogP contribution in [0.15, 0.2) is 52.4 Å². The van der Waals surface area contributed by atoms with Crippen molar-refractivity contribution >= 4 is 15.8 Å². The van der Waals surface area contributed by atoms with E-state index in [4.69, 9.17) is 4.74 Å². The van der Waals surface area contributed by atoms with Crippen LogP contribution in [-0.4, -0.2) is 34.3 Å². The maximum Gasteiger partial charge on any atom is 0.191 e. The molecule has 0 spiro atoms. The lowest BCUT2D eigenvalue weighted by atomic mass is 10.1. The van der Waals surface area contributed by atoms with Crippen molar-refractivity contribution in [2.75, 3.05) is 19.9 Å². The molecule has 6 nitrogen and oxygen atoms in total. The molecule has 2 rings (SSSR count). The largest absolute Gasteiger partial charge is 0.377 e. The van der Waals surface area contributed by atoms with E-state index < -0.39 is 9.84 Å². The molecule has 0 bridgehead atoms. The summed E-state index contributed by atoms with van der Waals surface area (Å²) in [7, 11) is -1.48. The van der Waals surface area contributed by atoms with Crippen LogP contribution in [0.2, 0.25) is 0 Å². The SMILES string of the molecule is CCOCc1ccccc1CNC(=NC)NCc1ccc(S(C)(=O)=O)c(C)c1. The van der Waals surface area contributed by atoms with Crippen molar-refractivity contribution in [1.82, 2.24) is 10.6 Å². The number of hydrogen-bond donors (Lipinski definition) is 2. The molecule has 0 radical (unpaired) electrons. The Bertz CT molecular complexity index is 924. The summed E-state index contributed by atoms with van der Waals surface area (Å²) in [4.78, 5) is 4.62. The zero-order valence-corrected chi connectivity index (χ0v) is 17.8. The molecule has 0 heterocycles. The minimum Gasteiger partial charge on any atom is -0.377 e. The third kappa shape index (κ3) is 6.35. The topological polar surface area (TPSA) is 79.8 Å². The summed E-state index contributed by atoms with van der Waals surface area (Å²) in [5, 5.41) is 6.57. The van der Waals surface area contributed by atoms with Gasteiger partial charge in [0, 0.05) is 33.0 Å². The van der Waals surface area contributed by atoms with Crippen LogP contribution in [0.4, 0.5) is 0 Å². The Kier molecular flexibility index (Phi) is 8.02. The quantitative estimate of drug-likeness (QED) is 0.523. The lowest BCUT2D eigenvalue weighted by Crippen LogP contribution is -2.36. The van der Waals surface area contributed by atoms with Crippen LogP contribution in [0.25, 0.3) is 0 Å². The van der Waals surface area contributed by atoms with Gasteiger partial charge in [0.05, 0.1) is 11.5 Å². The zero-order valence-electron chi connectivity index (χ0n) is 17.0. The van der Waals surface area contributed by atoms with E-state index in [-0.39, 0.29) is 0 Å². The highest BCUT2D eigenvalue weighted by molar-refractivity contribution is 7.90. The number of ether oxygens (including phenoxy) is 1. The van der Waals surface area contributed by atoms with Gasteiger partial charge in [0.1, 0.15) is 0 Å². The van der Waals surface area contributed by atoms with Crippen LogP contribution in [0.3, 0.4) is 0 Å². The number of rotatable bonds is 8. The second kappa shape index (κ2) is 10.2. The fraction of sp³-hybridized carbons (Fsp3) is 0.381. The predicted octanol–water partition coefficient (Wildman–Crippen LogP) is 2.80. The average Bonchev–Trinajstić information content (AvgIpc) is 2.66. The van der Waals surface area contributed by atoms with Crippen LogP contribution in [0.1, 0.15) is 29.2 Å². The standard InChI is InChI=1S/C21H29N3O3S/c1-5-27-15-19-9-7-6-8-18(19)14-24-21(22-3)23-13-17-10-11-20(16(2)12-17)28(4,25)26/h6-12H,5,13-15H2,1-4H3,(H2,22,23,24). The fourth-order valence-corrected chi connectivity index (χ4v) is 3.86. The van der Waals surface area contributed by atoms with Crippen molar-refractivity contribution in [3.8, 4) is 0 Å². The molecular formula is C21H29N3O3S.